The summed E-state index contributed by atoms with van der Waals surface area (Å²) < 4.78 is 9.12. The van der Waals surface area contributed by atoms with E-state index in [1.54, 1.807) is 13.8 Å². The second-order valence-electron chi connectivity index (χ2n) is 2.31. The first-order valence-corrected chi connectivity index (χ1v) is 4.72. The van der Waals surface area contributed by atoms with E-state index in [0.29, 0.717) is 13.2 Å². The smallest absolute Gasteiger partial charge is 0.384 e. The Bertz CT molecular complexity index is 347. The van der Waals surface area contributed by atoms with Crippen molar-refractivity contribution in [1.82, 2.24) is 0 Å². The number of allylic oxidation sites excluding steroid dienone is 2. The summed E-state index contributed by atoms with van der Waals surface area (Å²) in [5.74, 6) is 8.08. The lowest BCUT2D eigenvalue weighted by atomic mass is 10.4. The van der Waals surface area contributed by atoms with Crippen LogP contribution in [0.4, 0.5) is 0 Å². The third kappa shape index (κ3) is 8.40. The molecular weight excluding hydrogens is 208 g/mol. The molecule has 0 N–H and O–H groups in total. The lowest BCUT2D eigenvalue weighted by Gasteiger charge is -1.89. The molecule has 0 aliphatic heterocycles. The zero-order valence-corrected chi connectivity index (χ0v) is 9.20. The maximum absolute atomic E-state index is 10.7. The average molecular weight is 220 g/mol. The summed E-state index contributed by atoms with van der Waals surface area (Å²) in [6.45, 7) is 3.97. The van der Waals surface area contributed by atoms with Gasteiger partial charge in [0.25, 0.3) is 0 Å². The van der Waals surface area contributed by atoms with Crippen LogP contribution in [0.25, 0.3) is 0 Å². The largest absolute Gasteiger partial charge is 0.456 e. The maximum atomic E-state index is 10.7. The molecule has 84 valence electrons. The predicted octanol–water partition coefficient (Wildman–Crippen LogP) is 0.676. The molecule has 0 heterocycles. The molecule has 0 aliphatic carbocycles. The van der Waals surface area contributed by atoms with Crippen LogP contribution in [0.3, 0.4) is 0 Å². The van der Waals surface area contributed by atoms with E-state index in [0.717, 1.165) is 0 Å². The van der Waals surface area contributed by atoms with Crippen LogP contribution < -0.4 is 0 Å². The SMILES string of the molecule is CCOC(=O)C#C/C=C\C#CC(=O)OCC. The van der Waals surface area contributed by atoms with E-state index in [1.165, 1.54) is 12.2 Å². The first kappa shape index (κ1) is 13.8. The van der Waals surface area contributed by atoms with E-state index in [-0.39, 0.29) is 0 Å². The Labute approximate surface area is 94.6 Å². The summed E-state index contributed by atoms with van der Waals surface area (Å²) in [5.41, 5.74) is 0. The Morgan fingerprint density at radius 1 is 0.938 bits per heavy atom. The number of hydrogen-bond donors (Lipinski definition) is 0. The van der Waals surface area contributed by atoms with Crippen molar-refractivity contribution >= 4 is 11.9 Å². The van der Waals surface area contributed by atoms with Gasteiger partial charge in [-0.25, -0.2) is 9.59 Å². The van der Waals surface area contributed by atoms with Crippen molar-refractivity contribution in [3.05, 3.63) is 12.2 Å². The fourth-order valence-electron chi connectivity index (χ4n) is 0.619. The summed E-state index contributed by atoms with van der Waals surface area (Å²) in [6.07, 6.45) is 2.70. The molecule has 4 nitrogen and oxygen atoms in total. The molecule has 0 saturated carbocycles. The van der Waals surface area contributed by atoms with Gasteiger partial charge in [0, 0.05) is 11.8 Å². The zero-order chi connectivity index (χ0) is 12.2. The summed E-state index contributed by atoms with van der Waals surface area (Å²) in [6, 6.07) is 0. The highest BCUT2D eigenvalue weighted by Crippen LogP contribution is 1.76. The lowest BCUT2D eigenvalue weighted by molar-refractivity contribution is -0.137. The predicted molar refractivity (Wildman–Crippen MR) is 58.0 cm³/mol. The molecule has 0 aromatic rings. The maximum Gasteiger partial charge on any atom is 0.384 e. The first-order valence-electron chi connectivity index (χ1n) is 4.72. The number of hydrogen-bond acceptors (Lipinski definition) is 4. The topological polar surface area (TPSA) is 52.6 Å². The van der Waals surface area contributed by atoms with Crippen molar-refractivity contribution in [2.45, 2.75) is 13.8 Å². The van der Waals surface area contributed by atoms with Gasteiger partial charge >= 0.3 is 11.9 Å². The minimum absolute atomic E-state index is 0.292. The summed E-state index contributed by atoms with van der Waals surface area (Å²) in [4.78, 5) is 21.5. The van der Waals surface area contributed by atoms with E-state index in [4.69, 9.17) is 0 Å². The molecule has 0 fully saturated rings. The molecular formula is C12H12O4. The molecule has 0 bridgehead atoms. The minimum atomic E-state index is -0.592. The molecule has 0 atom stereocenters. The van der Waals surface area contributed by atoms with Crippen LogP contribution in [0.5, 0.6) is 0 Å². The number of rotatable bonds is 2. The molecule has 0 spiro atoms. The van der Waals surface area contributed by atoms with Crippen LogP contribution in [-0.4, -0.2) is 25.2 Å². The van der Waals surface area contributed by atoms with Crippen LogP contribution in [0.2, 0.25) is 0 Å². The Kier molecular flexibility index (Phi) is 8.07. The molecule has 0 radical (unpaired) electrons. The molecule has 0 aliphatic rings. The van der Waals surface area contributed by atoms with Gasteiger partial charge in [-0.05, 0) is 26.0 Å². The quantitative estimate of drug-likeness (QED) is 0.390. The van der Waals surface area contributed by atoms with Crippen molar-refractivity contribution in [2.24, 2.45) is 0 Å². The second-order valence-corrected chi connectivity index (χ2v) is 2.31. The molecule has 16 heavy (non-hydrogen) atoms. The monoisotopic (exact) mass is 220 g/mol. The van der Waals surface area contributed by atoms with Gasteiger partial charge in [0.1, 0.15) is 0 Å². The Morgan fingerprint density at radius 2 is 1.31 bits per heavy atom. The van der Waals surface area contributed by atoms with Gasteiger partial charge in [0.2, 0.25) is 0 Å². The van der Waals surface area contributed by atoms with Crippen molar-refractivity contribution in [3.8, 4) is 23.7 Å². The number of ether oxygens (including phenoxy) is 2. The van der Waals surface area contributed by atoms with E-state index in [9.17, 15) is 9.59 Å². The number of carbonyl (C=O) groups is 2. The minimum Gasteiger partial charge on any atom is -0.456 e. The van der Waals surface area contributed by atoms with Gasteiger partial charge in [-0.3, -0.25) is 0 Å². The third-order valence-corrected chi connectivity index (χ3v) is 1.15. The zero-order valence-electron chi connectivity index (χ0n) is 9.20. The highest BCUT2D eigenvalue weighted by Gasteiger charge is 1.90. The van der Waals surface area contributed by atoms with Crippen molar-refractivity contribution in [3.63, 3.8) is 0 Å². The van der Waals surface area contributed by atoms with Crippen LogP contribution in [0.15, 0.2) is 12.2 Å². The number of esters is 2. The fraction of sp³-hybridized carbons (Fsp3) is 0.333. The molecule has 0 amide bonds. The molecule has 0 rings (SSSR count). The molecule has 0 saturated heterocycles. The molecule has 4 heteroatoms. The summed E-state index contributed by atoms with van der Waals surface area (Å²) in [7, 11) is 0. The normalized spacial score (nSPS) is 8.38. The summed E-state index contributed by atoms with van der Waals surface area (Å²) in [5, 5.41) is 0. The van der Waals surface area contributed by atoms with Crippen molar-refractivity contribution in [1.29, 1.82) is 0 Å². The first-order chi connectivity index (χ1) is 7.70. The van der Waals surface area contributed by atoms with E-state index >= 15 is 0 Å². The van der Waals surface area contributed by atoms with E-state index < -0.39 is 11.9 Å². The van der Waals surface area contributed by atoms with Crippen LogP contribution in [0.1, 0.15) is 13.8 Å². The molecule has 0 unspecified atom stereocenters. The van der Waals surface area contributed by atoms with Gasteiger partial charge in [-0.15, -0.1) is 0 Å². The molecule has 0 aromatic heterocycles. The highest BCUT2D eigenvalue weighted by atomic mass is 16.5. The molecule has 0 aromatic carbocycles. The highest BCUT2D eigenvalue weighted by molar-refractivity contribution is 5.89. The van der Waals surface area contributed by atoms with Gasteiger partial charge in [-0.2, -0.15) is 0 Å². The third-order valence-electron chi connectivity index (χ3n) is 1.15. The van der Waals surface area contributed by atoms with Gasteiger partial charge in [0.05, 0.1) is 13.2 Å². The second kappa shape index (κ2) is 9.36. The summed E-state index contributed by atoms with van der Waals surface area (Å²) >= 11 is 0. The van der Waals surface area contributed by atoms with Gasteiger partial charge < -0.3 is 9.47 Å². The van der Waals surface area contributed by atoms with Crippen molar-refractivity contribution in [2.75, 3.05) is 13.2 Å². The fourth-order valence-corrected chi connectivity index (χ4v) is 0.619. The van der Waals surface area contributed by atoms with Gasteiger partial charge in [0.15, 0.2) is 0 Å². The van der Waals surface area contributed by atoms with Crippen LogP contribution >= 0.6 is 0 Å². The number of carbonyl (C=O) groups excluding carboxylic acids is 2. The van der Waals surface area contributed by atoms with E-state index in [1.807, 2.05) is 0 Å². The van der Waals surface area contributed by atoms with E-state index in [2.05, 4.69) is 33.2 Å². The Hall–Kier alpha value is -2.20. The average Bonchev–Trinajstić information content (AvgIpc) is 2.24. The standard InChI is InChI=1S/C12H12O4/c1-3-15-11(13)9-7-5-6-8-10-12(14)16-4-2/h5-6H,3-4H2,1-2H3/b6-5-. The van der Waals surface area contributed by atoms with Crippen LogP contribution in [0, 0.1) is 23.7 Å². The van der Waals surface area contributed by atoms with Crippen molar-refractivity contribution < 1.29 is 19.1 Å². The Balaban J connectivity index is 4.02. The lowest BCUT2D eigenvalue weighted by Crippen LogP contribution is -1.99. The Morgan fingerprint density at radius 3 is 1.62 bits per heavy atom. The van der Waals surface area contributed by atoms with Crippen LogP contribution in [-0.2, 0) is 19.1 Å². The van der Waals surface area contributed by atoms with Gasteiger partial charge in [-0.1, -0.05) is 11.8 Å².